The Hall–Kier alpha value is -1.59. The number of rotatable bonds is 40. The molecule has 0 aliphatic carbocycles. The molecule has 0 saturated carbocycles. The molecule has 0 aliphatic heterocycles. The van der Waals surface area contributed by atoms with Gasteiger partial charge in [-0.25, -0.2) is 0 Å². The van der Waals surface area contributed by atoms with Crippen molar-refractivity contribution in [2.45, 2.75) is 253 Å². The fourth-order valence-electron chi connectivity index (χ4n) is 6.75. The molecule has 1 atom stereocenters. The van der Waals surface area contributed by atoms with Gasteiger partial charge in [-0.2, -0.15) is 0 Å². The summed E-state index contributed by atoms with van der Waals surface area (Å²) in [5, 5.41) is 0. The smallest absolute Gasteiger partial charge is 0.306 e. The summed E-state index contributed by atoms with van der Waals surface area (Å²) in [5.41, 5.74) is 0. The van der Waals surface area contributed by atoms with E-state index >= 15 is 0 Å². The summed E-state index contributed by atoms with van der Waals surface area (Å²) in [6.45, 7) is 11.3. The lowest BCUT2D eigenvalue weighted by atomic mass is 10.0. The van der Waals surface area contributed by atoms with Gasteiger partial charge in [0.2, 0.25) is 0 Å². The van der Waals surface area contributed by atoms with E-state index in [1.165, 1.54) is 135 Å². The molecular formula is C46H88O6. The predicted molar refractivity (Wildman–Crippen MR) is 220 cm³/mol. The number of hydrogen-bond donors (Lipinski definition) is 0. The van der Waals surface area contributed by atoms with Crippen LogP contribution in [0.25, 0.3) is 0 Å². The Kier molecular flexibility index (Phi) is 37.9. The van der Waals surface area contributed by atoms with Crippen LogP contribution in [0.4, 0.5) is 0 Å². The third-order valence-corrected chi connectivity index (χ3v) is 10.2. The Labute approximate surface area is 323 Å². The summed E-state index contributed by atoms with van der Waals surface area (Å²) in [6.07, 6.45) is 36.7. The molecular weight excluding hydrogens is 649 g/mol. The maximum atomic E-state index is 12.6. The maximum absolute atomic E-state index is 12.6. The van der Waals surface area contributed by atoms with Gasteiger partial charge in [-0.1, -0.05) is 208 Å². The summed E-state index contributed by atoms with van der Waals surface area (Å²) >= 11 is 0. The van der Waals surface area contributed by atoms with Gasteiger partial charge in [0.25, 0.3) is 0 Å². The summed E-state index contributed by atoms with van der Waals surface area (Å²) in [6, 6.07) is 0. The average Bonchev–Trinajstić information content (AvgIpc) is 3.11. The van der Waals surface area contributed by atoms with Crippen LogP contribution in [-0.2, 0) is 28.6 Å². The Morgan fingerprint density at radius 3 is 0.942 bits per heavy atom. The van der Waals surface area contributed by atoms with Gasteiger partial charge in [0.1, 0.15) is 13.2 Å². The first-order valence-electron chi connectivity index (χ1n) is 22.7. The molecule has 0 unspecified atom stereocenters. The standard InChI is InChI=1S/C46H88O6/c1-6-7-8-9-10-15-22-28-33-38-46(49)52-43(40-51-45(48)37-32-27-23-18-20-25-30-35-42(4)5)39-50-44(47)36-31-26-21-17-14-12-11-13-16-19-24-29-34-41(2)3/h41-43H,6-40H2,1-5H3/t43-/m1/s1. The van der Waals surface area contributed by atoms with E-state index in [4.69, 9.17) is 14.2 Å². The van der Waals surface area contributed by atoms with E-state index < -0.39 is 6.10 Å². The van der Waals surface area contributed by atoms with E-state index in [0.29, 0.717) is 19.3 Å². The first-order chi connectivity index (χ1) is 25.2. The van der Waals surface area contributed by atoms with E-state index in [-0.39, 0.29) is 31.1 Å². The van der Waals surface area contributed by atoms with Crippen molar-refractivity contribution in [3.63, 3.8) is 0 Å². The normalized spacial score (nSPS) is 12.1. The number of unbranched alkanes of at least 4 members (excludes halogenated alkanes) is 25. The monoisotopic (exact) mass is 737 g/mol. The second kappa shape index (κ2) is 39.1. The summed E-state index contributed by atoms with van der Waals surface area (Å²) in [4.78, 5) is 37.6. The van der Waals surface area contributed by atoms with E-state index in [0.717, 1.165) is 69.6 Å². The number of ether oxygens (including phenoxy) is 3. The van der Waals surface area contributed by atoms with Crippen molar-refractivity contribution in [2.24, 2.45) is 11.8 Å². The van der Waals surface area contributed by atoms with Crippen LogP contribution in [0.1, 0.15) is 247 Å². The fraction of sp³-hybridized carbons (Fsp3) is 0.935. The van der Waals surface area contributed by atoms with E-state index in [9.17, 15) is 14.4 Å². The SMILES string of the molecule is CCCCCCCCCCCC(=O)O[C@H](COC(=O)CCCCCCCCCCCCCCC(C)C)COC(=O)CCCCCCCCCC(C)C. The van der Waals surface area contributed by atoms with Crippen LogP contribution in [0.2, 0.25) is 0 Å². The van der Waals surface area contributed by atoms with Gasteiger partial charge in [-0.15, -0.1) is 0 Å². The zero-order valence-corrected chi connectivity index (χ0v) is 35.4. The molecule has 0 aromatic rings. The number of esters is 3. The van der Waals surface area contributed by atoms with E-state index in [1.54, 1.807) is 0 Å². The summed E-state index contributed by atoms with van der Waals surface area (Å²) < 4.78 is 16.7. The van der Waals surface area contributed by atoms with Gasteiger partial charge >= 0.3 is 17.9 Å². The van der Waals surface area contributed by atoms with Gasteiger partial charge in [-0.3, -0.25) is 14.4 Å². The Morgan fingerprint density at radius 2 is 0.635 bits per heavy atom. The van der Waals surface area contributed by atoms with Crippen molar-refractivity contribution >= 4 is 17.9 Å². The molecule has 0 aromatic carbocycles. The molecule has 0 fully saturated rings. The largest absolute Gasteiger partial charge is 0.462 e. The topological polar surface area (TPSA) is 78.9 Å². The Bertz CT molecular complexity index is 794. The first-order valence-corrected chi connectivity index (χ1v) is 22.7. The van der Waals surface area contributed by atoms with Gasteiger partial charge in [0, 0.05) is 19.3 Å². The maximum Gasteiger partial charge on any atom is 0.306 e. The molecule has 0 aliphatic rings. The lowest BCUT2D eigenvalue weighted by molar-refractivity contribution is -0.167. The van der Waals surface area contributed by atoms with Gasteiger partial charge in [0.05, 0.1) is 0 Å². The zero-order chi connectivity index (χ0) is 38.3. The predicted octanol–water partition coefficient (Wildman–Crippen LogP) is 14.2. The second-order valence-electron chi connectivity index (χ2n) is 16.6. The van der Waals surface area contributed by atoms with Crippen LogP contribution >= 0.6 is 0 Å². The van der Waals surface area contributed by atoms with Crippen LogP contribution in [0.15, 0.2) is 0 Å². The summed E-state index contributed by atoms with van der Waals surface area (Å²) in [7, 11) is 0. The Balaban J connectivity index is 4.28. The molecule has 0 bridgehead atoms. The highest BCUT2D eigenvalue weighted by molar-refractivity contribution is 5.71. The molecule has 0 heterocycles. The third kappa shape index (κ3) is 39.6. The first kappa shape index (κ1) is 50.4. The third-order valence-electron chi connectivity index (χ3n) is 10.2. The van der Waals surface area contributed by atoms with Crippen LogP contribution in [0.3, 0.4) is 0 Å². The van der Waals surface area contributed by atoms with Crippen LogP contribution in [-0.4, -0.2) is 37.2 Å². The van der Waals surface area contributed by atoms with Crippen molar-refractivity contribution < 1.29 is 28.6 Å². The van der Waals surface area contributed by atoms with Crippen molar-refractivity contribution in [1.29, 1.82) is 0 Å². The average molecular weight is 737 g/mol. The van der Waals surface area contributed by atoms with Crippen molar-refractivity contribution in [3.05, 3.63) is 0 Å². The molecule has 0 saturated heterocycles. The molecule has 0 aromatic heterocycles. The minimum Gasteiger partial charge on any atom is -0.462 e. The molecule has 0 radical (unpaired) electrons. The highest BCUT2D eigenvalue weighted by atomic mass is 16.6. The highest BCUT2D eigenvalue weighted by Gasteiger charge is 2.19. The molecule has 308 valence electrons. The van der Waals surface area contributed by atoms with Crippen molar-refractivity contribution in [1.82, 2.24) is 0 Å². The van der Waals surface area contributed by atoms with Crippen molar-refractivity contribution in [3.8, 4) is 0 Å². The van der Waals surface area contributed by atoms with Gasteiger partial charge in [-0.05, 0) is 31.1 Å². The second-order valence-corrected chi connectivity index (χ2v) is 16.6. The van der Waals surface area contributed by atoms with E-state index in [1.807, 2.05) is 0 Å². The summed E-state index contributed by atoms with van der Waals surface area (Å²) in [5.74, 6) is 0.753. The van der Waals surface area contributed by atoms with E-state index in [2.05, 4.69) is 34.6 Å². The quantitative estimate of drug-likeness (QED) is 0.0354. The molecule has 6 nitrogen and oxygen atoms in total. The van der Waals surface area contributed by atoms with Crippen LogP contribution < -0.4 is 0 Å². The Morgan fingerprint density at radius 1 is 0.365 bits per heavy atom. The molecule has 0 N–H and O–H groups in total. The number of hydrogen-bond acceptors (Lipinski definition) is 6. The lowest BCUT2D eigenvalue weighted by Gasteiger charge is -2.18. The fourth-order valence-corrected chi connectivity index (χ4v) is 6.75. The zero-order valence-electron chi connectivity index (χ0n) is 35.4. The van der Waals surface area contributed by atoms with Crippen LogP contribution in [0, 0.1) is 11.8 Å². The molecule has 0 rings (SSSR count). The lowest BCUT2D eigenvalue weighted by Crippen LogP contribution is -2.30. The minimum absolute atomic E-state index is 0.0653. The van der Waals surface area contributed by atoms with Crippen LogP contribution in [0.5, 0.6) is 0 Å². The number of carbonyl (C=O) groups is 3. The molecule has 0 spiro atoms. The molecule has 0 amide bonds. The highest BCUT2D eigenvalue weighted by Crippen LogP contribution is 2.16. The van der Waals surface area contributed by atoms with Gasteiger partial charge < -0.3 is 14.2 Å². The van der Waals surface area contributed by atoms with Gasteiger partial charge in [0.15, 0.2) is 6.10 Å². The van der Waals surface area contributed by atoms with Crippen molar-refractivity contribution in [2.75, 3.05) is 13.2 Å². The number of carbonyl (C=O) groups excluding carboxylic acids is 3. The minimum atomic E-state index is -0.759. The molecule has 52 heavy (non-hydrogen) atoms. The molecule has 6 heteroatoms.